The van der Waals surface area contributed by atoms with Gasteiger partial charge in [-0.1, -0.05) is 19.9 Å². The third kappa shape index (κ3) is 3.12. The van der Waals surface area contributed by atoms with Crippen LogP contribution >= 0.6 is 0 Å². The average molecular weight is 239 g/mol. The summed E-state index contributed by atoms with van der Waals surface area (Å²) in [6.07, 6.45) is 3.21. The van der Waals surface area contributed by atoms with E-state index >= 15 is 0 Å². The molecule has 2 heterocycles. The van der Waals surface area contributed by atoms with E-state index in [0.29, 0.717) is 0 Å². The summed E-state index contributed by atoms with van der Waals surface area (Å²) in [6, 6.07) is 0. The van der Waals surface area contributed by atoms with Crippen LogP contribution in [-0.4, -0.2) is 31.4 Å². The summed E-state index contributed by atoms with van der Waals surface area (Å²) in [6.45, 7) is 14.3. The maximum Gasteiger partial charge on any atom is 0.490 e. The van der Waals surface area contributed by atoms with Gasteiger partial charge in [-0.2, -0.15) is 0 Å². The summed E-state index contributed by atoms with van der Waals surface area (Å²) in [5.41, 5.74) is 0.847. The lowest BCUT2D eigenvalue weighted by Gasteiger charge is -2.32. The first-order valence-electron chi connectivity index (χ1n) is 6.68. The van der Waals surface area contributed by atoms with E-state index in [1.54, 1.807) is 0 Å². The molecule has 0 aromatic heterocycles. The van der Waals surface area contributed by atoms with Crippen molar-refractivity contribution in [2.45, 2.75) is 59.2 Å². The van der Waals surface area contributed by atoms with E-state index in [0.717, 1.165) is 19.5 Å². The summed E-state index contributed by atoms with van der Waals surface area (Å²) in [4.78, 5) is 0. The van der Waals surface area contributed by atoms with Crippen LogP contribution in [0.2, 0.25) is 0 Å². The fourth-order valence-corrected chi connectivity index (χ4v) is 1.85. The Morgan fingerprint density at radius 1 is 1.12 bits per heavy atom. The highest BCUT2D eigenvalue weighted by molar-refractivity contribution is 6.54. The quantitative estimate of drug-likeness (QED) is 0.713. The van der Waals surface area contributed by atoms with Gasteiger partial charge in [-0.3, -0.25) is 0 Å². The van der Waals surface area contributed by atoms with Gasteiger partial charge in [0.2, 0.25) is 0 Å². The first kappa shape index (κ1) is 14.7. The molecule has 0 aromatic rings. The first-order valence-corrected chi connectivity index (χ1v) is 6.68. The van der Waals surface area contributed by atoms with Crippen molar-refractivity contribution in [3.8, 4) is 0 Å². The van der Waals surface area contributed by atoms with Gasteiger partial charge in [-0.15, -0.1) is 0 Å². The van der Waals surface area contributed by atoms with Gasteiger partial charge < -0.3 is 14.6 Å². The van der Waals surface area contributed by atoms with Gasteiger partial charge in [0.05, 0.1) is 11.2 Å². The third-order valence-electron chi connectivity index (χ3n) is 3.66. The lowest BCUT2D eigenvalue weighted by Crippen LogP contribution is -2.41. The molecule has 0 amide bonds. The minimum absolute atomic E-state index is 0.142. The van der Waals surface area contributed by atoms with E-state index in [1.807, 2.05) is 13.8 Å². The normalized spacial score (nSPS) is 26.0. The van der Waals surface area contributed by atoms with Crippen molar-refractivity contribution in [2.75, 3.05) is 13.1 Å². The summed E-state index contributed by atoms with van der Waals surface area (Å²) >= 11 is 0. The molecule has 2 aliphatic rings. The van der Waals surface area contributed by atoms with E-state index in [2.05, 4.69) is 39.1 Å². The van der Waals surface area contributed by atoms with Crippen LogP contribution in [0.1, 0.15) is 48.0 Å². The minimum atomic E-state index is -0.219. The highest BCUT2D eigenvalue weighted by atomic mass is 16.7. The van der Waals surface area contributed by atoms with Gasteiger partial charge in [-0.05, 0) is 46.1 Å². The smallest absolute Gasteiger partial charge is 0.400 e. The zero-order valence-electron chi connectivity index (χ0n) is 12.1. The van der Waals surface area contributed by atoms with Gasteiger partial charge >= 0.3 is 7.12 Å². The monoisotopic (exact) mass is 239 g/mol. The van der Waals surface area contributed by atoms with Gasteiger partial charge in [0.25, 0.3) is 0 Å². The Bertz CT molecular complexity index is 271. The second-order valence-electron chi connectivity index (χ2n) is 5.32. The fourth-order valence-electron chi connectivity index (χ4n) is 1.85. The number of rotatable bonds is 1. The van der Waals surface area contributed by atoms with Crippen molar-refractivity contribution >= 4 is 7.12 Å². The molecule has 4 heteroatoms. The van der Waals surface area contributed by atoms with Crippen molar-refractivity contribution in [3.05, 3.63) is 11.5 Å². The van der Waals surface area contributed by atoms with Gasteiger partial charge in [0.15, 0.2) is 0 Å². The molecule has 2 rings (SSSR count). The number of nitrogens with one attached hydrogen (secondary N) is 1. The van der Waals surface area contributed by atoms with Crippen LogP contribution in [0.15, 0.2) is 11.5 Å². The van der Waals surface area contributed by atoms with Crippen LogP contribution in [-0.2, 0) is 9.31 Å². The Morgan fingerprint density at radius 2 is 1.65 bits per heavy atom. The van der Waals surface area contributed by atoms with E-state index in [1.165, 1.54) is 5.47 Å². The molecular weight excluding hydrogens is 213 g/mol. The molecule has 0 spiro atoms. The van der Waals surface area contributed by atoms with E-state index in [-0.39, 0.29) is 18.3 Å². The van der Waals surface area contributed by atoms with Crippen molar-refractivity contribution in [1.82, 2.24) is 5.32 Å². The lowest BCUT2D eigenvalue weighted by molar-refractivity contribution is 0.00578. The SMILES string of the molecule is CC.CC1(C)OB(C2=CCNCC2)OC1(C)C. The molecule has 2 aliphatic heterocycles. The van der Waals surface area contributed by atoms with E-state index in [4.69, 9.17) is 9.31 Å². The standard InChI is InChI=1S/C11H20BNO2.C2H6/c1-10(2)11(3,4)15-12(14-10)9-5-7-13-8-6-9;1-2/h5,13H,6-8H2,1-4H3;1-2H3. The zero-order chi connectivity index (χ0) is 13.1. The maximum absolute atomic E-state index is 5.99. The largest absolute Gasteiger partial charge is 0.490 e. The van der Waals surface area contributed by atoms with E-state index < -0.39 is 0 Å². The van der Waals surface area contributed by atoms with Crippen molar-refractivity contribution in [3.63, 3.8) is 0 Å². The molecule has 3 nitrogen and oxygen atoms in total. The molecule has 1 saturated heterocycles. The minimum Gasteiger partial charge on any atom is -0.400 e. The van der Waals surface area contributed by atoms with Gasteiger partial charge in [-0.25, -0.2) is 0 Å². The van der Waals surface area contributed by atoms with Crippen molar-refractivity contribution < 1.29 is 9.31 Å². The Hall–Kier alpha value is -0.315. The Morgan fingerprint density at radius 3 is 2.06 bits per heavy atom. The molecule has 0 saturated carbocycles. The summed E-state index contributed by atoms with van der Waals surface area (Å²) in [5.74, 6) is 0. The summed E-state index contributed by atoms with van der Waals surface area (Å²) in [7, 11) is -0.142. The molecule has 98 valence electrons. The highest BCUT2D eigenvalue weighted by Gasteiger charge is 2.52. The fraction of sp³-hybridized carbons (Fsp3) is 0.846. The molecule has 0 aliphatic carbocycles. The van der Waals surface area contributed by atoms with Crippen molar-refractivity contribution in [2.24, 2.45) is 0 Å². The molecule has 0 unspecified atom stereocenters. The highest BCUT2D eigenvalue weighted by Crippen LogP contribution is 2.39. The van der Waals surface area contributed by atoms with E-state index in [9.17, 15) is 0 Å². The zero-order valence-corrected chi connectivity index (χ0v) is 12.1. The molecule has 0 radical (unpaired) electrons. The molecule has 1 fully saturated rings. The van der Waals surface area contributed by atoms with Crippen LogP contribution < -0.4 is 5.32 Å². The molecule has 17 heavy (non-hydrogen) atoms. The molecule has 0 bridgehead atoms. The Labute approximate surface area is 106 Å². The van der Waals surface area contributed by atoms with Gasteiger partial charge in [0.1, 0.15) is 0 Å². The summed E-state index contributed by atoms with van der Waals surface area (Å²) in [5, 5.41) is 3.29. The predicted molar refractivity (Wildman–Crippen MR) is 73.0 cm³/mol. The Kier molecular flexibility index (Phi) is 4.81. The van der Waals surface area contributed by atoms with Crippen molar-refractivity contribution in [1.29, 1.82) is 0 Å². The first-order chi connectivity index (χ1) is 7.92. The third-order valence-corrected chi connectivity index (χ3v) is 3.66. The molecule has 0 atom stereocenters. The van der Waals surface area contributed by atoms with Crippen LogP contribution in [0.25, 0.3) is 0 Å². The predicted octanol–water partition coefficient (Wildman–Crippen LogP) is 2.56. The Balaban J connectivity index is 0.000000686. The molecule has 1 N–H and O–H groups in total. The van der Waals surface area contributed by atoms with Crippen LogP contribution in [0.3, 0.4) is 0 Å². The number of hydrogen-bond donors (Lipinski definition) is 1. The lowest BCUT2D eigenvalue weighted by atomic mass is 9.75. The topological polar surface area (TPSA) is 30.5 Å². The summed E-state index contributed by atoms with van der Waals surface area (Å²) < 4.78 is 12.0. The average Bonchev–Trinajstić information content (AvgIpc) is 2.52. The second kappa shape index (κ2) is 5.55. The number of hydrogen-bond acceptors (Lipinski definition) is 3. The molecule has 0 aromatic carbocycles. The van der Waals surface area contributed by atoms with Gasteiger partial charge in [0, 0.05) is 6.54 Å². The maximum atomic E-state index is 5.99. The van der Waals surface area contributed by atoms with Crippen LogP contribution in [0.4, 0.5) is 0 Å². The van der Waals surface area contributed by atoms with Crippen LogP contribution in [0, 0.1) is 0 Å². The van der Waals surface area contributed by atoms with Crippen LogP contribution in [0.5, 0.6) is 0 Å². The second-order valence-corrected chi connectivity index (χ2v) is 5.32. The molecular formula is C13H26BNO2.